The lowest BCUT2D eigenvalue weighted by molar-refractivity contribution is -0.122. The molecule has 1 fully saturated rings. The van der Waals surface area contributed by atoms with Gasteiger partial charge in [0.1, 0.15) is 0 Å². The first-order valence-corrected chi connectivity index (χ1v) is 11.4. The number of aromatic nitrogens is 1. The minimum Gasteiger partial charge on any atom is -0.342 e. The Balaban J connectivity index is 1.81. The van der Waals surface area contributed by atoms with Crippen molar-refractivity contribution in [2.24, 2.45) is 0 Å². The normalized spacial score (nSPS) is 15.5. The Hall–Kier alpha value is -2.47. The first-order chi connectivity index (χ1) is 14.9. The van der Waals surface area contributed by atoms with E-state index in [0.29, 0.717) is 21.5 Å². The van der Waals surface area contributed by atoms with Crippen LogP contribution in [0, 0.1) is 0 Å². The van der Waals surface area contributed by atoms with Crippen LogP contribution in [0.15, 0.2) is 60.2 Å². The van der Waals surface area contributed by atoms with Gasteiger partial charge in [0.15, 0.2) is 0 Å². The summed E-state index contributed by atoms with van der Waals surface area (Å²) >= 11 is 13.4. The van der Waals surface area contributed by atoms with Crippen LogP contribution in [0.2, 0.25) is 10.0 Å². The maximum atomic E-state index is 12.7. The van der Waals surface area contributed by atoms with Gasteiger partial charge in [0, 0.05) is 40.3 Å². The molecule has 1 saturated heterocycles. The third kappa shape index (κ3) is 4.18. The maximum absolute atomic E-state index is 12.7. The molecule has 0 bridgehead atoms. The predicted octanol–water partition coefficient (Wildman–Crippen LogP) is 6.78. The number of benzene rings is 2. The van der Waals surface area contributed by atoms with Crippen molar-refractivity contribution in [2.75, 3.05) is 6.54 Å². The molecule has 2 aromatic carbocycles. The summed E-state index contributed by atoms with van der Waals surface area (Å²) in [4.78, 5) is 26.5. The third-order valence-corrected chi connectivity index (χ3v) is 6.72. The molecule has 2 heterocycles. The molecule has 2 amide bonds. The van der Waals surface area contributed by atoms with Crippen molar-refractivity contribution < 1.29 is 9.59 Å². The Morgan fingerprint density at radius 3 is 2.65 bits per heavy atom. The van der Waals surface area contributed by atoms with Crippen molar-refractivity contribution in [3.63, 3.8) is 0 Å². The molecule has 0 saturated carbocycles. The highest BCUT2D eigenvalue weighted by Crippen LogP contribution is 2.35. The number of para-hydroxylation sites is 1. The van der Waals surface area contributed by atoms with E-state index >= 15 is 0 Å². The Labute approximate surface area is 195 Å². The zero-order valence-corrected chi connectivity index (χ0v) is 19.2. The first kappa shape index (κ1) is 21.8. The molecule has 3 aromatic rings. The maximum Gasteiger partial charge on any atom is 0.293 e. The number of thioether (sulfide) groups is 1. The number of rotatable bonds is 6. The number of hydrogen-bond donors (Lipinski definition) is 0. The zero-order chi connectivity index (χ0) is 22.1. The zero-order valence-electron chi connectivity index (χ0n) is 16.9. The van der Waals surface area contributed by atoms with Crippen LogP contribution >= 0.6 is 35.0 Å². The average Bonchev–Trinajstić information content (AvgIpc) is 3.22. The van der Waals surface area contributed by atoms with Crippen LogP contribution in [-0.4, -0.2) is 27.2 Å². The molecule has 0 atom stereocenters. The SMILES string of the molecule is C=CCN1C(=O)S/C(=C\c2cn(Cc3ccc(Cl)cc3Cl)c3c(CC)cccc23)C1=O. The molecule has 0 radical (unpaired) electrons. The summed E-state index contributed by atoms with van der Waals surface area (Å²) in [5.41, 5.74) is 4.13. The van der Waals surface area contributed by atoms with Crippen molar-refractivity contribution in [1.82, 2.24) is 9.47 Å². The standard InChI is InChI=1S/C24H20Cl2N2O2S/c1-3-10-28-23(29)21(31-24(28)30)11-17-14-27(13-16-8-9-18(25)12-20(16)26)22-15(4-2)6-5-7-19(17)22/h3,5-9,11-12,14H,1,4,10,13H2,2H3/b21-11-. The second-order valence-corrected chi connectivity index (χ2v) is 9.03. The van der Waals surface area contributed by atoms with Crippen LogP contribution in [0.3, 0.4) is 0 Å². The van der Waals surface area contributed by atoms with Gasteiger partial charge in [-0.2, -0.15) is 0 Å². The van der Waals surface area contributed by atoms with E-state index in [1.807, 2.05) is 30.5 Å². The second kappa shape index (κ2) is 8.95. The van der Waals surface area contributed by atoms with Crippen molar-refractivity contribution in [1.29, 1.82) is 0 Å². The fraction of sp³-hybridized carbons (Fsp3) is 0.167. The molecule has 4 rings (SSSR count). The summed E-state index contributed by atoms with van der Waals surface area (Å²) in [7, 11) is 0. The molecule has 1 aliphatic heterocycles. The molecular weight excluding hydrogens is 451 g/mol. The topological polar surface area (TPSA) is 42.3 Å². The number of carbonyl (C=O) groups excluding carboxylic acids is 2. The molecule has 1 aromatic heterocycles. The van der Waals surface area contributed by atoms with Gasteiger partial charge >= 0.3 is 0 Å². The van der Waals surface area contributed by atoms with E-state index in [2.05, 4.69) is 24.1 Å². The van der Waals surface area contributed by atoms with E-state index < -0.39 is 0 Å². The molecule has 7 heteroatoms. The predicted molar refractivity (Wildman–Crippen MR) is 130 cm³/mol. The fourth-order valence-electron chi connectivity index (χ4n) is 3.75. The van der Waals surface area contributed by atoms with E-state index in [4.69, 9.17) is 23.2 Å². The van der Waals surface area contributed by atoms with Gasteiger partial charge < -0.3 is 4.57 Å². The third-order valence-electron chi connectivity index (χ3n) is 5.22. The van der Waals surface area contributed by atoms with Crippen LogP contribution in [0.4, 0.5) is 4.79 Å². The van der Waals surface area contributed by atoms with Crippen molar-refractivity contribution in [2.45, 2.75) is 19.9 Å². The Morgan fingerprint density at radius 2 is 1.94 bits per heavy atom. The lowest BCUT2D eigenvalue weighted by atomic mass is 10.1. The summed E-state index contributed by atoms with van der Waals surface area (Å²) in [6, 6.07) is 11.6. The molecule has 0 N–H and O–H groups in total. The number of imide groups is 1. The number of amides is 2. The van der Waals surface area contributed by atoms with Crippen molar-refractivity contribution in [3.05, 3.63) is 86.9 Å². The number of nitrogens with zero attached hydrogens (tertiary/aromatic N) is 2. The number of fused-ring (bicyclic) bond motifs is 1. The van der Waals surface area contributed by atoms with Crippen LogP contribution < -0.4 is 0 Å². The Morgan fingerprint density at radius 1 is 1.13 bits per heavy atom. The number of carbonyl (C=O) groups is 2. The molecule has 0 unspecified atom stereocenters. The molecule has 0 spiro atoms. The van der Waals surface area contributed by atoms with Gasteiger partial charge in [-0.05, 0) is 47.5 Å². The highest BCUT2D eigenvalue weighted by molar-refractivity contribution is 8.18. The molecule has 158 valence electrons. The van der Waals surface area contributed by atoms with Crippen molar-refractivity contribution in [3.8, 4) is 0 Å². The van der Waals surface area contributed by atoms with Crippen LogP contribution in [0.5, 0.6) is 0 Å². The van der Waals surface area contributed by atoms with Crippen LogP contribution in [0.1, 0.15) is 23.6 Å². The minimum absolute atomic E-state index is 0.207. The van der Waals surface area contributed by atoms with E-state index in [9.17, 15) is 9.59 Å². The van der Waals surface area contributed by atoms with Gasteiger partial charge in [0.25, 0.3) is 11.1 Å². The minimum atomic E-state index is -0.289. The van der Waals surface area contributed by atoms with E-state index in [0.717, 1.165) is 40.2 Å². The van der Waals surface area contributed by atoms with Gasteiger partial charge in [-0.1, -0.05) is 60.5 Å². The highest BCUT2D eigenvalue weighted by Gasteiger charge is 2.34. The number of hydrogen-bond acceptors (Lipinski definition) is 3. The Kier molecular flexibility index (Phi) is 6.28. The van der Waals surface area contributed by atoms with E-state index in [1.54, 1.807) is 18.2 Å². The van der Waals surface area contributed by atoms with E-state index in [1.165, 1.54) is 10.5 Å². The molecular formula is C24H20Cl2N2O2S. The number of aryl methyl sites for hydroxylation is 1. The Bertz CT molecular complexity index is 1250. The lowest BCUT2D eigenvalue weighted by Gasteiger charge is -2.10. The quantitative estimate of drug-likeness (QED) is 0.294. The smallest absolute Gasteiger partial charge is 0.293 e. The molecule has 31 heavy (non-hydrogen) atoms. The van der Waals surface area contributed by atoms with Gasteiger partial charge in [-0.25, -0.2) is 0 Å². The van der Waals surface area contributed by atoms with E-state index in [-0.39, 0.29) is 17.7 Å². The highest BCUT2D eigenvalue weighted by atomic mass is 35.5. The van der Waals surface area contributed by atoms with Gasteiger partial charge in [0.2, 0.25) is 0 Å². The largest absolute Gasteiger partial charge is 0.342 e. The van der Waals surface area contributed by atoms with Gasteiger partial charge in [0.05, 0.1) is 10.4 Å². The van der Waals surface area contributed by atoms with Crippen LogP contribution in [-0.2, 0) is 17.8 Å². The second-order valence-electron chi connectivity index (χ2n) is 7.20. The summed E-state index contributed by atoms with van der Waals surface area (Å²) in [6.07, 6.45) is 6.23. The molecule has 1 aliphatic rings. The monoisotopic (exact) mass is 470 g/mol. The number of halogens is 2. The van der Waals surface area contributed by atoms with Gasteiger partial charge in [-0.15, -0.1) is 6.58 Å². The lowest BCUT2D eigenvalue weighted by Crippen LogP contribution is -2.27. The fourth-order valence-corrected chi connectivity index (χ4v) is 5.06. The average molecular weight is 471 g/mol. The first-order valence-electron chi connectivity index (χ1n) is 9.83. The molecule has 4 nitrogen and oxygen atoms in total. The molecule has 0 aliphatic carbocycles. The summed E-state index contributed by atoms with van der Waals surface area (Å²) in [5.74, 6) is -0.289. The van der Waals surface area contributed by atoms with Crippen LogP contribution in [0.25, 0.3) is 17.0 Å². The van der Waals surface area contributed by atoms with Gasteiger partial charge in [-0.3, -0.25) is 14.5 Å². The summed E-state index contributed by atoms with van der Waals surface area (Å²) in [6.45, 7) is 6.51. The summed E-state index contributed by atoms with van der Waals surface area (Å²) < 4.78 is 2.14. The summed E-state index contributed by atoms with van der Waals surface area (Å²) in [5, 5.41) is 1.95. The van der Waals surface area contributed by atoms with Crippen molar-refractivity contribution >= 4 is 63.1 Å².